The minimum Gasteiger partial charge on any atom is -0.405 e. The molecule has 12 heteroatoms. The van der Waals surface area contributed by atoms with Gasteiger partial charge in [-0.3, -0.25) is 4.79 Å². The van der Waals surface area contributed by atoms with Crippen molar-refractivity contribution >= 4 is 29.2 Å². The van der Waals surface area contributed by atoms with Crippen LogP contribution >= 0.6 is 23.5 Å². The molecule has 2 aliphatic rings. The van der Waals surface area contributed by atoms with Gasteiger partial charge in [-0.25, -0.2) is 8.99 Å². The van der Waals surface area contributed by atoms with E-state index in [0.29, 0.717) is 62.0 Å². The molecule has 0 radical (unpaired) electrons. The van der Waals surface area contributed by atoms with Gasteiger partial charge in [0, 0.05) is 26.2 Å². The highest BCUT2D eigenvalue weighted by Gasteiger charge is 2.33. The van der Waals surface area contributed by atoms with Crippen LogP contribution in [-0.4, -0.2) is 53.3 Å². The maximum Gasteiger partial charge on any atom is 0.573 e. The van der Waals surface area contributed by atoms with Gasteiger partial charge in [0.05, 0.1) is 29.4 Å². The number of hydrogen-bond donors (Lipinski definition) is 1. The third kappa shape index (κ3) is 7.08. The summed E-state index contributed by atoms with van der Waals surface area (Å²) in [5.74, 6) is 0.165. The fourth-order valence-corrected chi connectivity index (χ4v) is 5.70. The number of benzene rings is 1. The van der Waals surface area contributed by atoms with E-state index in [-0.39, 0.29) is 22.4 Å². The van der Waals surface area contributed by atoms with Crippen molar-refractivity contribution in [3.63, 3.8) is 0 Å². The Labute approximate surface area is 217 Å². The van der Waals surface area contributed by atoms with E-state index >= 15 is 0 Å². The summed E-state index contributed by atoms with van der Waals surface area (Å²) in [5, 5.41) is 7.71. The van der Waals surface area contributed by atoms with Crippen LogP contribution in [0.2, 0.25) is 5.02 Å². The SMILES string of the molecule is CCc1ccc(OC(F)(F)F)c(SN2CCC(n3ncc(NCC4CCCOC4)c(Cl)c3=O)CC2)c1. The average molecular weight is 547 g/mol. The third-order valence-corrected chi connectivity index (χ3v) is 7.92. The van der Waals surface area contributed by atoms with Crippen molar-refractivity contribution in [1.29, 1.82) is 0 Å². The maximum absolute atomic E-state index is 12.9. The fourth-order valence-electron chi connectivity index (χ4n) is 4.42. The Hall–Kier alpha value is -1.95. The number of aromatic nitrogens is 2. The Bertz CT molecular complexity index is 1090. The molecule has 0 saturated carbocycles. The normalized spacial score (nSPS) is 19.9. The first-order valence-corrected chi connectivity index (χ1v) is 13.3. The summed E-state index contributed by atoms with van der Waals surface area (Å²) in [4.78, 5) is 13.3. The molecular weight excluding hydrogens is 517 g/mol. The van der Waals surface area contributed by atoms with Crippen molar-refractivity contribution in [3.8, 4) is 5.75 Å². The summed E-state index contributed by atoms with van der Waals surface area (Å²) in [6.45, 7) is 5.24. The monoisotopic (exact) mass is 546 g/mol. The van der Waals surface area contributed by atoms with Crippen molar-refractivity contribution in [1.82, 2.24) is 14.1 Å². The van der Waals surface area contributed by atoms with Gasteiger partial charge in [0.25, 0.3) is 5.56 Å². The number of alkyl halides is 3. The van der Waals surface area contributed by atoms with Crippen molar-refractivity contribution in [2.75, 3.05) is 38.2 Å². The first-order chi connectivity index (χ1) is 17.2. The van der Waals surface area contributed by atoms with E-state index in [1.165, 1.54) is 22.7 Å². The highest BCUT2D eigenvalue weighted by molar-refractivity contribution is 7.97. The summed E-state index contributed by atoms with van der Waals surface area (Å²) < 4.78 is 51.7. The van der Waals surface area contributed by atoms with Crippen LogP contribution in [0.4, 0.5) is 18.9 Å². The second-order valence-electron chi connectivity index (χ2n) is 9.02. The van der Waals surface area contributed by atoms with Gasteiger partial charge in [0.15, 0.2) is 0 Å². The lowest BCUT2D eigenvalue weighted by Crippen LogP contribution is -2.36. The van der Waals surface area contributed by atoms with Crippen LogP contribution in [0, 0.1) is 5.92 Å². The minimum atomic E-state index is -4.76. The molecule has 36 heavy (non-hydrogen) atoms. The predicted octanol–water partition coefficient (Wildman–Crippen LogP) is 5.54. The number of anilines is 1. The van der Waals surface area contributed by atoms with Crippen molar-refractivity contribution in [3.05, 3.63) is 45.3 Å². The van der Waals surface area contributed by atoms with Crippen molar-refractivity contribution < 1.29 is 22.6 Å². The van der Waals surface area contributed by atoms with Gasteiger partial charge in [-0.2, -0.15) is 5.10 Å². The Morgan fingerprint density at radius 3 is 2.72 bits per heavy atom. The van der Waals surface area contributed by atoms with E-state index in [1.54, 1.807) is 18.3 Å². The summed E-state index contributed by atoms with van der Waals surface area (Å²) in [5.41, 5.74) is 1.10. The van der Waals surface area contributed by atoms with Gasteiger partial charge < -0.3 is 14.8 Å². The largest absolute Gasteiger partial charge is 0.573 e. The number of halogens is 4. The summed E-state index contributed by atoms with van der Waals surface area (Å²) >= 11 is 7.63. The molecule has 1 aromatic carbocycles. The van der Waals surface area contributed by atoms with Crippen LogP contribution in [0.3, 0.4) is 0 Å². The first kappa shape index (κ1) is 27.1. The molecular formula is C24H30ClF3N4O3S. The molecule has 2 aliphatic heterocycles. The number of aryl methyl sites for hydroxylation is 1. The Morgan fingerprint density at radius 1 is 1.28 bits per heavy atom. The summed E-state index contributed by atoms with van der Waals surface area (Å²) in [6, 6.07) is 4.60. The number of ether oxygens (including phenoxy) is 2. The highest BCUT2D eigenvalue weighted by atomic mass is 35.5. The molecule has 1 atom stereocenters. The van der Waals surface area contributed by atoms with Crippen LogP contribution in [0.15, 0.2) is 34.1 Å². The van der Waals surface area contributed by atoms with Gasteiger partial charge in [-0.05, 0) is 67.7 Å². The molecule has 0 aliphatic carbocycles. The standard InChI is InChI=1S/C24H30ClF3N4O3S/c1-2-16-5-6-20(35-24(26,27)28)21(12-16)36-31-9-7-18(8-10-31)32-23(33)22(25)19(14-30-32)29-13-17-4-3-11-34-15-17/h5-6,12,14,17-18,29H,2-4,7-11,13,15H2,1H3. The lowest BCUT2D eigenvalue weighted by Gasteiger charge is -2.31. The van der Waals surface area contributed by atoms with Crippen LogP contribution in [0.5, 0.6) is 5.75 Å². The zero-order valence-electron chi connectivity index (χ0n) is 20.0. The first-order valence-electron chi connectivity index (χ1n) is 12.1. The number of nitrogens with one attached hydrogen (secondary N) is 1. The lowest BCUT2D eigenvalue weighted by atomic mass is 10.0. The second-order valence-corrected chi connectivity index (χ2v) is 10.5. The lowest BCUT2D eigenvalue weighted by molar-refractivity contribution is -0.275. The molecule has 2 fully saturated rings. The minimum absolute atomic E-state index is 0.115. The molecule has 1 aromatic heterocycles. The molecule has 3 heterocycles. The van der Waals surface area contributed by atoms with Gasteiger partial charge in [-0.15, -0.1) is 13.2 Å². The van der Waals surface area contributed by atoms with Gasteiger partial charge in [0.2, 0.25) is 0 Å². The predicted molar refractivity (Wildman–Crippen MR) is 134 cm³/mol. The maximum atomic E-state index is 12.9. The van der Waals surface area contributed by atoms with Gasteiger partial charge in [0.1, 0.15) is 10.8 Å². The molecule has 0 amide bonds. The van der Waals surface area contributed by atoms with Crippen molar-refractivity contribution in [2.45, 2.75) is 56.3 Å². The Morgan fingerprint density at radius 2 is 2.06 bits per heavy atom. The topological polar surface area (TPSA) is 68.6 Å². The van der Waals surface area contributed by atoms with E-state index in [4.69, 9.17) is 16.3 Å². The summed E-state index contributed by atoms with van der Waals surface area (Å²) in [6.07, 6.45) is 0.863. The van der Waals surface area contributed by atoms with Crippen LogP contribution in [-0.2, 0) is 11.2 Å². The van der Waals surface area contributed by atoms with E-state index < -0.39 is 6.36 Å². The molecule has 1 unspecified atom stereocenters. The van der Waals surface area contributed by atoms with Crippen LogP contribution in [0.1, 0.15) is 44.2 Å². The quantitative estimate of drug-likeness (QED) is 0.436. The molecule has 0 bridgehead atoms. The van der Waals surface area contributed by atoms with Crippen LogP contribution < -0.4 is 15.6 Å². The van der Waals surface area contributed by atoms with Gasteiger partial charge >= 0.3 is 6.36 Å². The molecule has 0 spiro atoms. The Kier molecular flexibility index (Phi) is 9.08. The molecule has 4 rings (SSSR count). The Balaban J connectivity index is 1.37. The number of nitrogens with zero attached hydrogens (tertiary/aromatic N) is 3. The highest BCUT2D eigenvalue weighted by Crippen LogP contribution is 2.38. The number of hydrogen-bond acceptors (Lipinski definition) is 7. The van der Waals surface area contributed by atoms with E-state index in [9.17, 15) is 18.0 Å². The fraction of sp³-hybridized carbons (Fsp3) is 0.583. The van der Waals surface area contributed by atoms with E-state index in [0.717, 1.165) is 25.0 Å². The molecule has 1 N–H and O–H groups in total. The zero-order chi connectivity index (χ0) is 25.7. The van der Waals surface area contributed by atoms with E-state index in [2.05, 4.69) is 15.2 Å². The molecule has 2 aromatic rings. The third-order valence-electron chi connectivity index (χ3n) is 6.42. The summed E-state index contributed by atoms with van der Waals surface area (Å²) in [7, 11) is 0. The van der Waals surface area contributed by atoms with Crippen LogP contribution in [0.25, 0.3) is 0 Å². The smallest absolute Gasteiger partial charge is 0.405 e. The van der Waals surface area contributed by atoms with Gasteiger partial charge in [-0.1, -0.05) is 24.6 Å². The molecule has 2 saturated heterocycles. The van der Waals surface area contributed by atoms with E-state index in [1.807, 2.05) is 11.2 Å². The zero-order valence-corrected chi connectivity index (χ0v) is 21.6. The number of piperidine rings is 1. The second kappa shape index (κ2) is 12.1. The molecule has 7 nitrogen and oxygen atoms in total. The van der Waals surface area contributed by atoms with Crippen molar-refractivity contribution in [2.24, 2.45) is 5.92 Å². The number of rotatable bonds is 8. The molecule has 198 valence electrons. The average Bonchev–Trinajstić information content (AvgIpc) is 2.86.